The molecule has 1 aliphatic heterocycles. The zero-order chi connectivity index (χ0) is 18.6. The topological polar surface area (TPSA) is 89.6 Å². The molecule has 1 atom stereocenters. The minimum atomic E-state index is -3.87. The van der Waals surface area contributed by atoms with Crippen molar-refractivity contribution in [2.75, 3.05) is 4.31 Å². The Bertz CT molecular complexity index is 1260. The van der Waals surface area contributed by atoms with Gasteiger partial charge in [0.25, 0.3) is 10.0 Å². The molecule has 4 rings (SSSR count). The summed E-state index contributed by atoms with van der Waals surface area (Å²) in [6.07, 6.45) is 0.625. The van der Waals surface area contributed by atoms with E-state index in [1.807, 2.05) is 19.1 Å². The van der Waals surface area contributed by atoms with Crippen molar-refractivity contribution in [3.8, 4) is 0 Å². The van der Waals surface area contributed by atoms with E-state index >= 15 is 0 Å². The summed E-state index contributed by atoms with van der Waals surface area (Å²) in [5.74, 6) is -0.791. The maximum Gasteiger partial charge on any atom is 0.422 e. The van der Waals surface area contributed by atoms with Crippen molar-refractivity contribution < 1.29 is 12.8 Å². The minimum absolute atomic E-state index is 0.0143. The average Bonchev–Trinajstić information content (AvgIpc) is 2.95. The molecule has 0 N–H and O–H groups in total. The summed E-state index contributed by atoms with van der Waals surface area (Å²) in [4.78, 5) is 23.6. The Kier molecular flexibility index (Phi) is 3.55. The molecule has 0 fully saturated rings. The lowest BCUT2D eigenvalue weighted by atomic mass is 10.1. The number of hydrogen-bond donors (Lipinski definition) is 0. The third-order valence-electron chi connectivity index (χ3n) is 4.70. The highest BCUT2D eigenvalue weighted by Gasteiger charge is 2.36. The molecule has 0 amide bonds. The fraction of sp³-hybridized carbons (Fsp3) is 0.222. The molecule has 26 heavy (non-hydrogen) atoms. The second-order valence-electron chi connectivity index (χ2n) is 6.38. The Hall–Kier alpha value is -2.87. The highest BCUT2D eigenvalue weighted by Crippen LogP contribution is 2.36. The Morgan fingerprint density at radius 1 is 1.12 bits per heavy atom. The normalized spacial score (nSPS) is 16.8. The van der Waals surface area contributed by atoms with Crippen molar-refractivity contribution in [1.82, 2.24) is 4.57 Å². The number of hydrogen-bond acceptors (Lipinski definition) is 5. The van der Waals surface area contributed by atoms with Crippen LogP contribution in [0.2, 0.25) is 0 Å². The lowest BCUT2D eigenvalue weighted by Crippen LogP contribution is -2.35. The van der Waals surface area contributed by atoms with Gasteiger partial charge in [0.2, 0.25) is 0 Å². The molecular weight excluding hydrogens is 356 g/mol. The van der Waals surface area contributed by atoms with Crippen LogP contribution in [0.5, 0.6) is 0 Å². The van der Waals surface area contributed by atoms with Crippen molar-refractivity contribution in [2.45, 2.75) is 24.3 Å². The van der Waals surface area contributed by atoms with Crippen LogP contribution in [0.15, 0.2) is 61.4 Å². The second kappa shape index (κ2) is 5.57. The van der Waals surface area contributed by atoms with E-state index < -0.39 is 21.4 Å². The quantitative estimate of drug-likeness (QED) is 0.682. The van der Waals surface area contributed by atoms with Crippen LogP contribution >= 0.6 is 0 Å². The highest BCUT2D eigenvalue weighted by atomic mass is 32.2. The molecule has 8 heteroatoms. The number of para-hydroxylation sites is 1. The number of benzene rings is 2. The first-order valence-electron chi connectivity index (χ1n) is 8.07. The number of rotatable bonds is 2. The van der Waals surface area contributed by atoms with Crippen molar-refractivity contribution >= 4 is 26.6 Å². The molecule has 2 heterocycles. The van der Waals surface area contributed by atoms with Gasteiger partial charge < -0.3 is 4.42 Å². The van der Waals surface area contributed by atoms with E-state index in [-0.39, 0.29) is 16.3 Å². The molecule has 0 saturated heterocycles. The lowest BCUT2D eigenvalue weighted by molar-refractivity contribution is 0.432. The van der Waals surface area contributed by atoms with E-state index in [4.69, 9.17) is 0 Å². The van der Waals surface area contributed by atoms with Crippen molar-refractivity contribution in [3.63, 3.8) is 0 Å². The summed E-state index contributed by atoms with van der Waals surface area (Å²) in [5, 5.41) is 0.0494. The standard InChI is InChI=1S/C18H16N2O5S/c1-11-9-12-5-3-4-6-15(12)20(11)26(23,24)13-7-8-16-14(10-13)17(21)25-18(22)19(16)2/h3-8,10-11H,9H2,1-2H3. The maximum absolute atomic E-state index is 13.2. The lowest BCUT2D eigenvalue weighted by Gasteiger charge is -2.24. The van der Waals surface area contributed by atoms with E-state index in [0.29, 0.717) is 17.6 Å². The summed E-state index contributed by atoms with van der Waals surface area (Å²) in [6.45, 7) is 1.84. The summed E-state index contributed by atoms with van der Waals surface area (Å²) >= 11 is 0. The monoisotopic (exact) mass is 372 g/mol. The van der Waals surface area contributed by atoms with E-state index in [9.17, 15) is 18.0 Å². The van der Waals surface area contributed by atoms with Crippen LogP contribution in [0.1, 0.15) is 12.5 Å². The van der Waals surface area contributed by atoms with Crippen LogP contribution in [0.4, 0.5) is 5.69 Å². The Morgan fingerprint density at radius 3 is 2.62 bits per heavy atom. The zero-order valence-corrected chi connectivity index (χ0v) is 15.0. The fourth-order valence-electron chi connectivity index (χ4n) is 3.45. The predicted molar refractivity (Wildman–Crippen MR) is 97.0 cm³/mol. The molecule has 134 valence electrons. The van der Waals surface area contributed by atoms with Gasteiger partial charge >= 0.3 is 11.4 Å². The number of aromatic nitrogens is 1. The van der Waals surface area contributed by atoms with Gasteiger partial charge in [-0.3, -0.25) is 8.87 Å². The molecule has 1 aromatic heterocycles. The molecule has 1 unspecified atom stereocenters. The molecule has 0 radical (unpaired) electrons. The first kappa shape index (κ1) is 16.6. The summed E-state index contributed by atoms with van der Waals surface area (Å²) in [5.41, 5.74) is 1.08. The molecule has 0 spiro atoms. The molecule has 2 aromatic carbocycles. The Labute approximate surface area is 149 Å². The van der Waals surface area contributed by atoms with Crippen LogP contribution in [-0.2, 0) is 23.5 Å². The fourth-order valence-corrected chi connectivity index (χ4v) is 5.17. The van der Waals surface area contributed by atoms with Crippen molar-refractivity contribution in [1.29, 1.82) is 0 Å². The number of anilines is 1. The van der Waals surface area contributed by atoms with Crippen LogP contribution in [0.3, 0.4) is 0 Å². The number of aryl methyl sites for hydroxylation is 1. The zero-order valence-electron chi connectivity index (χ0n) is 14.2. The van der Waals surface area contributed by atoms with Gasteiger partial charge in [0.15, 0.2) is 0 Å². The van der Waals surface area contributed by atoms with Crippen molar-refractivity contribution in [2.24, 2.45) is 7.05 Å². The van der Waals surface area contributed by atoms with Gasteiger partial charge in [-0.1, -0.05) is 18.2 Å². The van der Waals surface area contributed by atoms with E-state index in [1.54, 1.807) is 12.1 Å². The van der Waals surface area contributed by atoms with Crippen LogP contribution in [0.25, 0.3) is 10.9 Å². The van der Waals surface area contributed by atoms with E-state index in [0.717, 1.165) is 5.56 Å². The molecule has 1 aliphatic rings. The third kappa shape index (κ3) is 2.29. The summed E-state index contributed by atoms with van der Waals surface area (Å²) in [6, 6.07) is 11.3. The second-order valence-corrected chi connectivity index (χ2v) is 8.19. The first-order chi connectivity index (χ1) is 12.3. The Balaban J connectivity index is 1.93. The minimum Gasteiger partial charge on any atom is -0.372 e. The average molecular weight is 372 g/mol. The van der Waals surface area contributed by atoms with Gasteiger partial charge in [-0.05, 0) is 43.2 Å². The maximum atomic E-state index is 13.2. The molecule has 0 bridgehead atoms. The van der Waals surface area contributed by atoms with Gasteiger partial charge in [-0.2, -0.15) is 0 Å². The van der Waals surface area contributed by atoms with Crippen LogP contribution < -0.4 is 15.7 Å². The van der Waals surface area contributed by atoms with Crippen molar-refractivity contribution in [3.05, 3.63) is 69.0 Å². The highest BCUT2D eigenvalue weighted by molar-refractivity contribution is 7.92. The smallest absolute Gasteiger partial charge is 0.372 e. The van der Waals surface area contributed by atoms with Gasteiger partial charge in [0, 0.05) is 13.1 Å². The third-order valence-corrected chi connectivity index (χ3v) is 6.63. The molecular formula is C18H16N2O5S. The van der Waals surface area contributed by atoms with E-state index in [2.05, 4.69) is 4.42 Å². The molecule has 3 aromatic rings. The summed E-state index contributed by atoms with van der Waals surface area (Å²) in [7, 11) is -2.41. The van der Waals surface area contributed by atoms with E-state index in [1.165, 1.54) is 34.1 Å². The molecule has 0 aliphatic carbocycles. The van der Waals surface area contributed by atoms with Crippen LogP contribution in [0, 0.1) is 0 Å². The van der Waals surface area contributed by atoms with Gasteiger partial charge in [0.05, 0.1) is 21.5 Å². The first-order valence-corrected chi connectivity index (χ1v) is 9.51. The van der Waals surface area contributed by atoms with Gasteiger partial charge in [0.1, 0.15) is 0 Å². The summed E-state index contributed by atoms with van der Waals surface area (Å²) < 4.78 is 33.7. The molecule has 0 saturated carbocycles. The van der Waals surface area contributed by atoms with Gasteiger partial charge in [-0.25, -0.2) is 18.0 Å². The predicted octanol–water partition coefficient (Wildman–Crippen LogP) is 1.63. The SMILES string of the molecule is CC1Cc2ccccc2N1S(=O)(=O)c1ccc2c(c1)c(=O)oc(=O)n2C. The van der Waals surface area contributed by atoms with Gasteiger partial charge in [-0.15, -0.1) is 0 Å². The largest absolute Gasteiger partial charge is 0.422 e. The Morgan fingerprint density at radius 2 is 1.85 bits per heavy atom. The number of sulfonamides is 1. The van der Waals surface area contributed by atoms with Crippen LogP contribution in [-0.4, -0.2) is 19.0 Å². The number of nitrogens with zero attached hydrogens (tertiary/aromatic N) is 2. The molecule has 7 nitrogen and oxygen atoms in total. The number of fused-ring (bicyclic) bond motifs is 2.